The van der Waals surface area contributed by atoms with Gasteiger partial charge in [-0.25, -0.2) is 0 Å². The second-order valence-corrected chi connectivity index (χ2v) is 13.3. The first-order valence-electron chi connectivity index (χ1n) is 17.3. The van der Waals surface area contributed by atoms with Crippen molar-refractivity contribution < 1.29 is 0 Å². The minimum absolute atomic E-state index is 1.23. The maximum Gasteiger partial charge on any atom is -0.00141 e. The monoisotopic (exact) mass is 632 g/mol. The summed E-state index contributed by atoms with van der Waals surface area (Å²) in [5.74, 6) is 0. The summed E-state index contributed by atoms with van der Waals surface area (Å²) in [6.45, 7) is 0. The van der Waals surface area contributed by atoms with Crippen molar-refractivity contribution in [3.63, 3.8) is 0 Å². The first-order valence-corrected chi connectivity index (χ1v) is 17.3. The van der Waals surface area contributed by atoms with Crippen LogP contribution in [0.4, 0.5) is 0 Å². The van der Waals surface area contributed by atoms with Gasteiger partial charge >= 0.3 is 0 Å². The number of benzene rings is 10. The molecule has 0 aliphatic heterocycles. The Kier molecular flexibility index (Phi) is 6.60. The number of hydrogen-bond donors (Lipinski definition) is 0. The van der Waals surface area contributed by atoms with Crippen molar-refractivity contribution in [2.24, 2.45) is 0 Å². The third kappa shape index (κ3) is 4.61. The molecule has 0 heteroatoms. The third-order valence-corrected chi connectivity index (χ3v) is 10.4. The molecular weight excluding hydrogens is 601 g/mol. The summed E-state index contributed by atoms with van der Waals surface area (Å²) < 4.78 is 0. The SMILES string of the molecule is c1ccc(-c2ccc3cc(-c4c5ccccc5c(-c5ccc(-c6cccc7ccccc67)cc5)c5ccc6ccccc6c45)ccc3c2)cc1. The largest absolute Gasteiger partial charge is 0.0622 e. The van der Waals surface area contributed by atoms with Crippen LogP contribution in [0.1, 0.15) is 0 Å². The maximum absolute atomic E-state index is 2.38. The van der Waals surface area contributed by atoms with E-state index in [-0.39, 0.29) is 0 Å². The first kappa shape index (κ1) is 28.5. The lowest BCUT2D eigenvalue weighted by atomic mass is 9.83. The van der Waals surface area contributed by atoms with Crippen molar-refractivity contribution in [3.05, 3.63) is 194 Å². The van der Waals surface area contributed by atoms with E-state index in [1.807, 2.05) is 0 Å². The average Bonchev–Trinajstić information content (AvgIpc) is 3.19. The molecule has 0 atom stereocenters. The maximum atomic E-state index is 2.38. The summed E-state index contributed by atoms with van der Waals surface area (Å²) >= 11 is 0. The second kappa shape index (κ2) is 11.6. The highest BCUT2D eigenvalue weighted by Gasteiger charge is 2.19. The molecule has 0 fully saturated rings. The molecule has 0 aliphatic carbocycles. The Balaban J connectivity index is 1.21. The molecule has 0 heterocycles. The molecule has 0 unspecified atom stereocenters. The highest BCUT2D eigenvalue weighted by atomic mass is 14.2. The molecule has 10 aromatic rings. The van der Waals surface area contributed by atoms with E-state index in [1.54, 1.807) is 0 Å². The number of hydrogen-bond acceptors (Lipinski definition) is 0. The molecule has 10 aromatic carbocycles. The van der Waals surface area contributed by atoms with Gasteiger partial charge in [-0.1, -0.05) is 182 Å². The molecule has 0 aliphatic rings. The van der Waals surface area contributed by atoms with E-state index in [1.165, 1.54) is 98.4 Å². The van der Waals surface area contributed by atoms with Crippen LogP contribution in [0.25, 0.3) is 98.4 Å². The fourth-order valence-electron chi connectivity index (χ4n) is 8.06. The van der Waals surface area contributed by atoms with Crippen LogP contribution in [-0.2, 0) is 0 Å². The average molecular weight is 633 g/mol. The van der Waals surface area contributed by atoms with Crippen molar-refractivity contribution >= 4 is 53.9 Å². The summed E-state index contributed by atoms with van der Waals surface area (Å²) in [5, 5.41) is 12.7. The van der Waals surface area contributed by atoms with Crippen LogP contribution in [-0.4, -0.2) is 0 Å². The van der Waals surface area contributed by atoms with Gasteiger partial charge in [0.2, 0.25) is 0 Å². The summed E-state index contributed by atoms with van der Waals surface area (Å²) in [6, 6.07) is 71.3. The Morgan fingerprint density at radius 3 is 1.50 bits per heavy atom. The highest BCUT2D eigenvalue weighted by Crippen LogP contribution is 2.47. The van der Waals surface area contributed by atoms with Crippen molar-refractivity contribution in [1.29, 1.82) is 0 Å². The minimum atomic E-state index is 1.23. The van der Waals surface area contributed by atoms with Crippen molar-refractivity contribution in [1.82, 2.24) is 0 Å². The van der Waals surface area contributed by atoms with Gasteiger partial charge in [0, 0.05) is 0 Å². The lowest BCUT2D eigenvalue weighted by molar-refractivity contribution is 1.63. The zero-order valence-corrected chi connectivity index (χ0v) is 27.5. The number of rotatable bonds is 4. The molecule has 0 nitrogen and oxygen atoms in total. The van der Waals surface area contributed by atoms with Gasteiger partial charge in [0.1, 0.15) is 0 Å². The molecular formula is C50H32. The van der Waals surface area contributed by atoms with E-state index in [9.17, 15) is 0 Å². The molecule has 0 bridgehead atoms. The highest BCUT2D eigenvalue weighted by molar-refractivity contribution is 6.28. The molecule has 0 saturated heterocycles. The Bertz CT molecular complexity index is 2890. The Labute approximate surface area is 291 Å². The first-order chi connectivity index (χ1) is 24.8. The van der Waals surface area contributed by atoms with Crippen LogP contribution in [0.15, 0.2) is 194 Å². The zero-order valence-electron chi connectivity index (χ0n) is 27.5. The lowest BCUT2D eigenvalue weighted by Crippen LogP contribution is -1.92. The van der Waals surface area contributed by atoms with E-state index in [2.05, 4.69) is 194 Å². The van der Waals surface area contributed by atoms with E-state index in [0.717, 1.165) is 0 Å². The van der Waals surface area contributed by atoms with Gasteiger partial charge in [-0.3, -0.25) is 0 Å². The summed E-state index contributed by atoms with van der Waals surface area (Å²) in [4.78, 5) is 0. The van der Waals surface area contributed by atoms with Gasteiger partial charge < -0.3 is 0 Å². The van der Waals surface area contributed by atoms with E-state index in [0.29, 0.717) is 0 Å². The molecule has 0 amide bonds. The van der Waals surface area contributed by atoms with Gasteiger partial charge in [0.25, 0.3) is 0 Å². The Morgan fingerprint density at radius 2 is 0.740 bits per heavy atom. The van der Waals surface area contributed by atoms with Crippen LogP contribution >= 0.6 is 0 Å². The predicted molar refractivity (Wildman–Crippen MR) is 216 cm³/mol. The van der Waals surface area contributed by atoms with Crippen LogP contribution in [0.3, 0.4) is 0 Å². The summed E-state index contributed by atoms with van der Waals surface area (Å²) in [5.41, 5.74) is 10.0. The van der Waals surface area contributed by atoms with E-state index in [4.69, 9.17) is 0 Å². The van der Waals surface area contributed by atoms with Gasteiger partial charge in [-0.2, -0.15) is 0 Å². The molecule has 0 radical (unpaired) electrons. The van der Waals surface area contributed by atoms with E-state index >= 15 is 0 Å². The Hall–Kier alpha value is -6.50. The lowest BCUT2D eigenvalue weighted by Gasteiger charge is -2.20. The van der Waals surface area contributed by atoms with Crippen LogP contribution in [0.2, 0.25) is 0 Å². The van der Waals surface area contributed by atoms with E-state index < -0.39 is 0 Å². The van der Waals surface area contributed by atoms with Gasteiger partial charge in [-0.05, 0) is 111 Å². The normalized spacial score (nSPS) is 11.6. The summed E-state index contributed by atoms with van der Waals surface area (Å²) in [7, 11) is 0. The molecule has 0 N–H and O–H groups in total. The summed E-state index contributed by atoms with van der Waals surface area (Å²) in [6.07, 6.45) is 0. The molecule has 0 saturated carbocycles. The zero-order chi connectivity index (χ0) is 33.0. The third-order valence-electron chi connectivity index (χ3n) is 10.4. The quantitative estimate of drug-likeness (QED) is 0.134. The number of fused-ring (bicyclic) bond motifs is 6. The molecule has 50 heavy (non-hydrogen) atoms. The van der Waals surface area contributed by atoms with Gasteiger partial charge in [0.15, 0.2) is 0 Å². The standard InChI is InChI=1S/C50H32/c1-2-11-33(12-3-1)38-25-26-40-32-41(28-27-39(40)31-38)49-46-19-9-8-18-45(46)48(47-30-29-35-14-5-7-17-44(35)50(47)49)37-23-21-36(22-24-37)43-20-10-15-34-13-4-6-16-42(34)43/h1-32H. The molecule has 232 valence electrons. The molecule has 0 aromatic heterocycles. The second-order valence-electron chi connectivity index (χ2n) is 13.3. The van der Waals surface area contributed by atoms with Gasteiger partial charge in [0.05, 0.1) is 0 Å². The van der Waals surface area contributed by atoms with Crippen molar-refractivity contribution in [2.75, 3.05) is 0 Å². The van der Waals surface area contributed by atoms with Crippen LogP contribution in [0, 0.1) is 0 Å². The van der Waals surface area contributed by atoms with Crippen molar-refractivity contribution in [3.8, 4) is 44.5 Å². The Morgan fingerprint density at radius 1 is 0.220 bits per heavy atom. The van der Waals surface area contributed by atoms with Crippen LogP contribution < -0.4 is 0 Å². The van der Waals surface area contributed by atoms with Crippen molar-refractivity contribution in [2.45, 2.75) is 0 Å². The van der Waals surface area contributed by atoms with Gasteiger partial charge in [-0.15, -0.1) is 0 Å². The fraction of sp³-hybridized carbons (Fsp3) is 0. The van der Waals surface area contributed by atoms with Crippen LogP contribution in [0.5, 0.6) is 0 Å². The predicted octanol–water partition coefficient (Wildman–Crippen LogP) is 14.1. The topological polar surface area (TPSA) is 0 Å². The minimum Gasteiger partial charge on any atom is -0.0622 e. The molecule has 0 spiro atoms. The fourth-order valence-corrected chi connectivity index (χ4v) is 8.06. The smallest absolute Gasteiger partial charge is 0.00141 e. The molecule has 10 rings (SSSR count).